The number of nitrogens with one attached hydrogen (secondary N) is 3. The van der Waals surface area contributed by atoms with Crippen LogP contribution in [0.1, 0.15) is 18.4 Å². The van der Waals surface area contributed by atoms with Gasteiger partial charge in [-0.05, 0) is 18.4 Å². The van der Waals surface area contributed by atoms with Crippen LogP contribution >= 0.6 is 12.6 Å². The zero-order chi connectivity index (χ0) is 25.0. The third kappa shape index (κ3) is 9.89. The Morgan fingerprint density at radius 2 is 1.42 bits per heavy atom. The van der Waals surface area contributed by atoms with Crippen molar-refractivity contribution in [3.05, 3.63) is 35.9 Å². The van der Waals surface area contributed by atoms with Gasteiger partial charge in [-0.1, -0.05) is 30.3 Å². The number of aliphatic carboxylic acids is 2. The molecule has 13 heteroatoms. The van der Waals surface area contributed by atoms with Gasteiger partial charge in [0, 0.05) is 12.2 Å². The van der Waals surface area contributed by atoms with Crippen LogP contribution < -0.4 is 21.7 Å². The molecule has 4 atom stereocenters. The second-order valence-corrected chi connectivity index (χ2v) is 7.48. The number of benzene rings is 1. The Bertz CT molecular complexity index is 839. The largest absolute Gasteiger partial charge is 0.481 e. The third-order valence-corrected chi connectivity index (χ3v) is 4.89. The number of amides is 3. The summed E-state index contributed by atoms with van der Waals surface area (Å²) in [6.45, 7) is -0.871. The third-order valence-electron chi connectivity index (χ3n) is 4.53. The molecule has 0 heterocycles. The maximum Gasteiger partial charge on any atom is 0.326 e. The molecule has 0 saturated carbocycles. The van der Waals surface area contributed by atoms with E-state index in [1.54, 1.807) is 24.3 Å². The Labute approximate surface area is 195 Å². The Kier molecular flexibility index (Phi) is 11.9. The molecular formula is C20H28N4O8S. The fourth-order valence-corrected chi connectivity index (χ4v) is 2.95. The maximum atomic E-state index is 12.5. The fourth-order valence-electron chi connectivity index (χ4n) is 2.70. The van der Waals surface area contributed by atoms with E-state index in [1.165, 1.54) is 0 Å². The number of hydrogen-bond acceptors (Lipinski definition) is 8. The molecule has 33 heavy (non-hydrogen) atoms. The summed E-state index contributed by atoms with van der Waals surface area (Å²) in [5.41, 5.74) is 6.71. The molecule has 1 aromatic rings. The Hall–Kier alpha value is -3.16. The minimum atomic E-state index is -1.54. The normalized spacial score (nSPS) is 14.3. The molecule has 0 saturated heterocycles. The molecule has 1 aromatic carbocycles. The van der Waals surface area contributed by atoms with Crippen molar-refractivity contribution < 1.29 is 39.3 Å². The number of aliphatic hydroxyl groups is 1. The molecule has 0 radical (unpaired) electrons. The summed E-state index contributed by atoms with van der Waals surface area (Å²) in [4.78, 5) is 59.0. The average molecular weight is 485 g/mol. The molecule has 0 aliphatic carbocycles. The minimum absolute atomic E-state index is 0.147. The van der Waals surface area contributed by atoms with Crippen molar-refractivity contribution in [2.24, 2.45) is 5.73 Å². The number of carbonyl (C=O) groups is 5. The van der Waals surface area contributed by atoms with E-state index in [1.807, 2.05) is 6.07 Å². The topological polar surface area (TPSA) is 208 Å². The zero-order valence-corrected chi connectivity index (χ0v) is 18.5. The summed E-state index contributed by atoms with van der Waals surface area (Å²) in [5, 5.41) is 34.0. The van der Waals surface area contributed by atoms with E-state index in [2.05, 4.69) is 28.6 Å². The number of carbonyl (C=O) groups excluding carboxylic acids is 3. The molecule has 8 N–H and O–H groups in total. The first kappa shape index (κ1) is 27.9. The van der Waals surface area contributed by atoms with Crippen molar-refractivity contribution >= 4 is 42.3 Å². The van der Waals surface area contributed by atoms with Crippen LogP contribution in [0.5, 0.6) is 0 Å². The average Bonchev–Trinajstić information content (AvgIpc) is 2.78. The van der Waals surface area contributed by atoms with Gasteiger partial charge in [0.25, 0.3) is 0 Å². The lowest BCUT2D eigenvalue weighted by Crippen LogP contribution is -2.58. The van der Waals surface area contributed by atoms with Crippen LogP contribution in [0.2, 0.25) is 0 Å². The van der Waals surface area contributed by atoms with E-state index in [0.717, 1.165) is 5.56 Å². The summed E-state index contributed by atoms with van der Waals surface area (Å²) in [5.74, 6) is -5.38. The minimum Gasteiger partial charge on any atom is -0.481 e. The van der Waals surface area contributed by atoms with Gasteiger partial charge < -0.3 is 37.0 Å². The molecule has 3 amide bonds. The summed E-state index contributed by atoms with van der Waals surface area (Å²) in [6.07, 6.45) is -0.677. The molecule has 0 aliphatic rings. The summed E-state index contributed by atoms with van der Waals surface area (Å²) >= 11 is 4.02. The van der Waals surface area contributed by atoms with Crippen molar-refractivity contribution in [3.8, 4) is 0 Å². The number of aliphatic hydroxyl groups excluding tert-OH is 1. The molecule has 0 aromatic heterocycles. The van der Waals surface area contributed by atoms with Crippen molar-refractivity contribution in [1.82, 2.24) is 16.0 Å². The maximum absolute atomic E-state index is 12.5. The second kappa shape index (κ2) is 14.1. The van der Waals surface area contributed by atoms with E-state index in [0.29, 0.717) is 0 Å². The van der Waals surface area contributed by atoms with Crippen LogP contribution in [-0.4, -0.2) is 81.5 Å². The van der Waals surface area contributed by atoms with Gasteiger partial charge in [-0.15, -0.1) is 0 Å². The SMILES string of the molecule is N[C@@H](Cc1ccccc1)C(=O)N[C@@H](CS)C(=O)N[C@@H](CO)C(=O)N[C@@H](CCC(=O)O)C(=O)O. The standard InChI is InChI=1S/C20H28N4O8S/c21-12(8-11-4-2-1-3-5-11)17(28)24-15(10-33)19(30)23-14(9-25)18(29)22-13(20(31)32)6-7-16(26)27/h1-5,12-15,25,33H,6-10,21H2,(H,22,29)(H,23,30)(H,24,28)(H,26,27)(H,31,32)/t12-,13-,14-,15-/m0/s1. The van der Waals surface area contributed by atoms with Gasteiger partial charge in [0.05, 0.1) is 12.6 Å². The monoisotopic (exact) mass is 484 g/mol. The molecule has 182 valence electrons. The predicted octanol–water partition coefficient (Wildman–Crippen LogP) is -2.12. The molecule has 1 rings (SSSR count). The van der Waals surface area contributed by atoms with Crippen LogP contribution in [0.25, 0.3) is 0 Å². The van der Waals surface area contributed by atoms with E-state index in [-0.39, 0.29) is 12.2 Å². The predicted molar refractivity (Wildman–Crippen MR) is 119 cm³/mol. The van der Waals surface area contributed by atoms with Crippen LogP contribution in [0.15, 0.2) is 30.3 Å². The highest BCUT2D eigenvalue weighted by Gasteiger charge is 2.29. The zero-order valence-electron chi connectivity index (χ0n) is 17.6. The van der Waals surface area contributed by atoms with E-state index in [9.17, 15) is 29.1 Å². The van der Waals surface area contributed by atoms with Crippen LogP contribution in [0.4, 0.5) is 0 Å². The van der Waals surface area contributed by atoms with Gasteiger partial charge in [0.1, 0.15) is 18.1 Å². The van der Waals surface area contributed by atoms with Crippen LogP contribution in [0, 0.1) is 0 Å². The highest BCUT2D eigenvalue weighted by atomic mass is 32.1. The van der Waals surface area contributed by atoms with Crippen molar-refractivity contribution in [2.45, 2.75) is 43.4 Å². The van der Waals surface area contributed by atoms with Gasteiger partial charge in [-0.3, -0.25) is 19.2 Å². The first-order valence-electron chi connectivity index (χ1n) is 9.96. The number of carboxylic acids is 2. The van der Waals surface area contributed by atoms with Gasteiger partial charge in [-0.25, -0.2) is 4.79 Å². The van der Waals surface area contributed by atoms with E-state index < -0.39 is 73.3 Å². The molecule has 0 unspecified atom stereocenters. The quantitative estimate of drug-likeness (QED) is 0.136. The smallest absolute Gasteiger partial charge is 0.326 e. The summed E-state index contributed by atoms with van der Waals surface area (Å²) < 4.78 is 0. The highest BCUT2D eigenvalue weighted by Crippen LogP contribution is 2.03. The first-order valence-corrected chi connectivity index (χ1v) is 10.6. The van der Waals surface area contributed by atoms with Crippen molar-refractivity contribution in [1.29, 1.82) is 0 Å². The number of hydrogen-bond donors (Lipinski definition) is 8. The number of carboxylic acid groups (broad SMARTS) is 2. The molecule has 0 fully saturated rings. The highest BCUT2D eigenvalue weighted by molar-refractivity contribution is 7.80. The van der Waals surface area contributed by atoms with Crippen molar-refractivity contribution in [2.75, 3.05) is 12.4 Å². The molecule has 12 nitrogen and oxygen atoms in total. The Morgan fingerprint density at radius 1 is 0.879 bits per heavy atom. The Balaban J connectivity index is 2.70. The molecule has 0 bridgehead atoms. The lowest BCUT2D eigenvalue weighted by molar-refractivity contribution is -0.143. The first-order chi connectivity index (χ1) is 15.6. The lowest BCUT2D eigenvalue weighted by atomic mass is 10.1. The van der Waals surface area contributed by atoms with Gasteiger partial charge >= 0.3 is 11.9 Å². The van der Waals surface area contributed by atoms with Crippen LogP contribution in [-0.2, 0) is 30.4 Å². The van der Waals surface area contributed by atoms with E-state index >= 15 is 0 Å². The number of rotatable bonds is 14. The molecular weight excluding hydrogens is 456 g/mol. The summed E-state index contributed by atoms with van der Waals surface area (Å²) in [7, 11) is 0. The number of nitrogens with two attached hydrogens (primary N) is 1. The van der Waals surface area contributed by atoms with Crippen molar-refractivity contribution in [3.63, 3.8) is 0 Å². The van der Waals surface area contributed by atoms with Gasteiger partial charge in [-0.2, -0.15) is 12.6 Å². The van der Waals surface area contributed by atoms with E-state index in [4.69, 9.17) is 15.9 Å². The van der Waals surface area contributed by atoms with Crippen LogP contribution in [0.3, 0.4) is 0 Å². The molecule has 0 spiro atoms. The Morgan fingerprint density at radius 3 is 1.94 bits per heavy atom. The van der Waals surface area contributed by atoms with Gasteiger partial charge in [0.2, 0.25) is 17.7 Å². The second-order valence-electron chi connectivity index (χ2n) is 7.12. The fraction of sp³-hybridized carbons (Fsp3) is 0.450. The molecule has 0 aliphatic heterocycles. The lowest BCUT2D eigenvalue weighted by Gasteiger charge is -2.23. The van der Waals surface area contributed by atoms with Gasteiger partial charge in [0.15, 0.2) is 0 Å². The summed E-state index contributed by atoms with van der Waals surface area (Å²) in [6, 6.07) is 3.77. The number of thiol groups is 1.